The molecule has 0 bridgehead atoms. The Hall–Kier alpha value is -2.20. The highest BCUT2D eigenvalue weighted by atomic mass is 35.5. The van der Waals surface area contributed by atoms with Gasteiger partial charge in [0.1, 0.15) is 12.4 Å². The van der Waals surface area contributed by atoms with Crippen LogP contribution in [-0.2, 0) is 13.2 Å². The van der Waals surface area contributed by atoms with Crippen molar-refractivity contribution in [1.82, 2.24) is 5.43 Å². The number of nitrogens with one attached hydrogen (secondary N) is 2. The molecule has 3 aromatic rings. The molecule has 0 saturated carbocycles. The van der Waals surface area contributed by atoms with E-state index in [2.05, 4.69) is 10.9 Å². The minimum absolute atomic E-state index is 0.403. The summed E-state index contributed by atoms with van der Waals surface area (Å²) in [5, 5.41) is 1.36. The third-order valence-corrected chi connectivity index (χ3v) is 4.25. The highest BCUT2D eigenvalue weighted by molar-refractivity contribution is 6.31. The molecule has 0 unspecified atom stereocenters. The van der Waals surface area contributed by atoms with Crippen LogP contribution in [0.1, 0.15) is 11.1 Å². The summed E-state index contributed by atoms with van der Waals surface area (Å²) in [5.74, 6) is 0.770. The number of hydrogen-bond donors (Lipinski definition) is 2. The van der Waals surface area contributed by atoms with Gasteiger partial charge in [-0.1, -0.05) is 59.6 Å². The lowest BCUT2D eigenvalue weighted by atomic mass is 10.2. The summed E-state index contributed by atoms with van der Waals surface area (Å²) in [4.78, 5) is 0. The average molecular weight is 373 g/mol. The van der Waals surface area contributed by atoms with Gasteiger partial charge in [0.2, 0.25) is 0 Å². The van der Waals surface area contributed by atoms with Crippen molar-refractivity contribution in [1.29, 1.82) is 0 Å². The van der Waals surface area contributed by atoms with Crippen LogP contribution in [0.2, 0.25) is 10.0 Å². The number of hydrogen-bond acceptors (Lipinski definition) is 3. The quantitative estimate of drug-likeness (QED) is 0.522. The molecule has 0 aliphatic carbocycles. The molecule has 0 spiro atoms. The predicted molar refractivity (Wildman–Crippen MR) is 104 cm³/mol. The summed E-state index contributed by atoms with van der Waals surface area (Å²) in [6.45, 7) is 0.966. The smallest absolute Gasteiger partial charge is 0.124 e. The molecule has 0 fully saturated rings. The second-order valence-electron chi connectivity index (χ2n) is 5.48. The molecule has 0 aliphatic heterocycles. The highest BCUT2D eigenvalue weighted by Gasteiger charge is 2.07. The van der Waals surface area contributed by atoms with Crippen LogP contribution in [0.3, 0.4) is 0 Å². The molecule has 5 heteroatoms. The first-order valence-corrected chi connectivity index (χ1v) is 8.66. The van der Waals surface area contributed by atoms with Crippen LogP contribution in [0.25, 0.3) is 0 Å². The number of halogens is 2. The molecule has 0 aliphatic rings. The summed E-state index contributed by atoms with van der Waals surface area (Å²) >= 11 is 12.3. The molecule has 3 aromatic carbocycles. The van der Waals surface area contributed by atoms with Crippen molar-refractivity contribution in [3.63, 3.8) is 0 Å². The van der Waals surface area contributed by atoms with Crippen molar-refractivity contribution < 1.29 is 4.74 Å². The van der Waals surface area contributed by atoms with Gasteiger partial charge >= 0.3 is 0 Å². The molecule has 3 nitrogen and oxygen atoms in total. The van der Waals surface area contributed by atoms with Gasteiger partial charge in [0.25, 0.3) is 0 Å². The average Bonchev–Trinajstić information content (AvgIpc) is 2.63. The monoisotopic (exact) mass is 372 g/mol. The lowest BCUT2D eigenvalue weighted by Gasteiger charge is -2.14. The van der Waals surface area contributed by atoms with Crippen molar-refractivity contribution in [2.24, 2.45) is 0 Å². The Morgan fingerprint density at radius 3 is 2.36 bits per heavy atom. The third-order valence-electron chi connectivity index (χ3n) is 3.65. The lowest BCUT2D eigenvalue weighted by molar-refractivity contribution is 0.302. The predicted octanol–water partition coefficient (Wildman–Crippen LogP) is 5.69. The van der Waals surface area contributed by atoms with E-state index in [0.717, 1.165) is 22.6 Å². The number of ether oxygens (including phenoxy) is 1. The van der Waals surface area contributed by atoms with E-state index < -0.39 is 0 Å². The minimum Gasteiger partial charge on any atom is -0.489 e. The van der Waals surface area contributed by atoms with Crippen LogP contribution in [0, 0.1) is 0 Å². The standard InChI is InChI=1S/C20H18Cl2N2O/c21-17-10-11-20(25-14-15-6-4-5-9-19(15)22)16(12-17)13-23-24-18-7-2-1-3-8-18/h1-12,23-24H,13-14H2. The van der Waals surface area contributed by atoms with Crippen molar-refractivity contribution >= 4 is 28.9 Å². The van der Waals surface area contributed by atoms with E-state index in [9.17, 15) is 0 Å². The molecule has 128 valence electrons. The van der Waals surface area contributed by atoms with Gasteiger partial charge in [-0.3, -0.25) is 0 Å². The molecule has 25 heavy (non-hydrogen) atoms. The Bertz CT molecular complexity index is 825. The maximum Gasteiger partial charge on any atom is 0.124 e. The Balaban J connectivity index is 1.64. The van der Waals surface area contributed by atoms with Crippen LogP contribution in [0.4, 0.5) is 5.69 Å². The van der Waals surface area contributed by atoms with Gasteiger partial charge in [-0.2, -0.15) is 0 Å². The summed E-state index contributed by atoms with van der Waals surface area (Å²) in [7, 11) is 0. The van der Waals surface area contributed by atoms with Crippen molar-refractivity contribution in [3.8, 4) is 5.75 Å². The molecule has 0 radical (unpaired) electrons. The number of hydrazine groups is 1. The first-order valence-electron chi connectivity index (χ1n) is 7.91. The van der Waals surface area contributed by atoms with E-state index in [1.54, 1.807) is 0 Å². The van der Waals surface area contributed by atoms with Crippen LogP contribution in [0.5, 0.6) is 5.75 Å². The van der Waals surface area contributed by atoms with Crippen LogP contribution in [-0.4, -0.2) is 0 Å². The zero-order valence-electron chi connectivity index (χ0n) is 13.5. The summed E-state index contributed by atoms with van der Waals surface area (Å²) < 4.78 is 5.95. The molecule has 3 rings (SSSR count). The molecule has 0 saturated heterocycles. The largest absolute Gasteiger partial charge is 0.489 e. The molecule has 2 N–H and O–H groups in total. The topological polar surface area (TPSA) is 33.3 Å². The van der Waals surface area contributed by atoms with Gasteiger partial charge < -0.3 is 10.2 Å². The third kappa shape index (κ3) is 5.13. The second kappa shape index (κ2) is 8.77. The molecular formula is C20H18Cl2N2O. The van der Waals surface area contributed by atoms with Gasteiger partial charge in [-0.05, 0) is 36.4 Å². The van der Waals surface area contributed by atoms with Gasteiger partial charge in [0, 0.05) is 33.4 Å². The fourth-order valence-corrected chi connectivity index (χ4v) is 2.75. The normalized spacial score (nSPS) is 10.5. The van der Waals surface area contributed by atoms with E-state index >= 15 is 0 Å². The van der Waals surface area contributed by atoms with Crippen LogP contribution < -0.4 is 15.6 Å². The van der Waals surface area contributed by atoms with Crippen molar-refractivity contribution in [2.75, 3.05) is 5.43 Å². The second-order valence-corrected chi connectivity index (χ2v) is 6.32. The first kappa shape index (κ1) is 17.6. The van der Waals surface area contributed by atoms with E-state index in [-0.39, 0.29) is 0 Å². The molecule has 0 atom stereocenters. The van der Waals surface area contributed by atoms with Gasteiger partial charge in [0.05, 0.1) is 0 Å². The number of rotatable bonds is 7. The van der Waals surface area contributed by atoms with Crippen molar-refractivity contribution in [2.45, 2.75) is 13.2 Å². The Morgan fingerprint density at radius 1 is 0.800 bits per heavy atom. The fraction of sp³-hybridized carbons (Fsp3) is 0.100. The Morgan fingerprint density at radius 2 is 1.56 bits per heavy atom. The molecule has 0 heterocycles. The van der Waals surface area contributed by atoms with Crippen LogP contribution in [0.15, 0.2) is 72.8 Å². The van der Waals surface area contributed by atoms with E-state index in [4.69, 9.17) is 27.9 Å². The van der Waals surface area contributed by atoms with E-state index in [0.29, 0.717) is 23.2 Å². The minimum atomic E-state index is 0.403. The number of para-hydroxylation sites is 1. The summed E-state index contributed by atoms with van der Waals surface area (Å²) in [6, 6.07) is 23.1. The lowest BCUT2D eigenvalue weighted by Crippen LogP contribution is -2.21. The van der Waals surface area contributed by atoms with Crippen molar-refractivity contribution in [3.05, 3.63) is 94.0 Å². The Labute approximate surface area is 157 Å². The van der Waals surface area contributed by atoms with E-state index in [1.807, 2.05) is 72.8 Å². The number of anilines is 1. The molecule has 0 aromatic heterocycles. The zero-order valence-corrected chi connectivity index (χ0v) is 15.0. The highest BCUT2D eigenvalue weighted by Crippen LogP contribution is 2.25. The summed E-state index contributed by atoms with van der Waals surface area (Å²) in [6.07, 6.45) is 0. The van der Waals surface area contributed by atoms with E-state index in [1.165, 1.54) is 0 Å². The SMILES string of the molecule is Clc1ccc(OCc2ccccc2Cl)c(CNNc2ccccc2)c1. The van der Waals surface area contributed by atoms with Crippen LogP contribution >= 0.6 is 23.2 Å². The molecular weight excluding hydrogens is 355 g/mol. The van der Waals surface area contributed by atoms with Gasteiger partial charge in [0.15, 0.2) is 0 Å². The first-order chi connectivity index (χ1) is 12.2. The fourth-order valence-electron chi connectivity index (χ4n) is 2.36. The zero-order chi connectivity index (χ0) is 17.5. The maximum atomic E-state index is 6.18. The summed E-state index contributed by atoms with van der Waals surface area (Å²) in [5.41, 5.74) is 9.23. The Kier molecular flexibility index (Phi) is 6.18. The van der Waals surface area contributed by atoms with Gasteiger partial charge in [-0.25, -0.2) is 5.43 Å². The number of benzene rings is 3. The van der Waals surface area contributed by atoms with Gasteiger partial charge in [-0.15, -0.1) is 0 Å². The molecule has 0 amide bonds. The maximum absolute atomic E-state index is 6.18.